The Balaban J connectivity index is 1.37. The second-order valence-corrected chi connectivity index (χ2v) is 8.76. The molecule has 154 valence electrons. The largest absolute Gasteiger partial charge is 0.311 e. The third-order valence-corrected chi connectivity index (χ3v) is 6.31. The van der Waals surface area contributed by atoms with Gasteiger partial charge in [0.05, 0.1) is 5.92 Å². The predicted molar refractivity (Wildman–Crippen MR) is 119 cm³/mol. The molecule has 2 amide bonds. The highest BCUT2D eigenvalue weighted by molar-refractivity contribution is 7.15. The number of hydrogen-bond acceptors (Lipinski definition) is 5. The number of amides is 2. The van der Waals surface area contributed by atoms with Gasteiger partial charge in [-0.1, -0.05) is 66.8 Å². The molecular formula is C23H24N4O2S. The first-order chi connectivity index (χ1) is 14.5. The van der Waals surface area contributed by atoms with E-state index in [1.807, 2.05) is 49.4 Å². The van der Waals surface area contributed by atoms with Crippen LogP contribution in [0.4, 0.5) is 10.8 Å². The summed E-state index contributed by atoms with van der Waals surface area (Å²) in [5, 5.41) is 12.6. The molecule has 7 heteroatoms. The Morgan fingerprint density at radius 3 is 2.67 bits per heavy atom. The maximum atomic E-state index is 12.7. The van der Waals surface area contributed by atoms with Crippen LogP contribution in [-0.4, -0.2) is 28.6 Å². The summed E-state index contributed by atoms with van der Waals surface area (Å²) in [7, 11) is 0. The molecule has 3 aromatic rings. The van der Waals surface area contributed by atoms with Gasteiger partial charge in [-0.15, -0.1) is 10.2 Å². The van der Waals surface area contributed by atoms with Gasteiger partial charge in [-0.3, -0.25) is 9.59 Å². The third-order valence-electron chi connectivity index (χ3n) is 5.45. The molecule has 1 aliphatic rings. The summed E-state index contributed by atoms with van der Waals surface area (Å²) in [5.41, 5.74) is 3.14. The summed E-state index contributed by atoms with van der Waals surface area (Å²) in [6.07, 6.45) is 0.970. The number of aromatic nitrogens is 2. The van der Waals surface area contributed by atoms with Gasteiger partial charge >= 0.3 is 0 Å². The second kappa shape index (κ2) is 8.75. The van der Waals surface area contributed by atoms with Crippen LogP contribution < -0.4 is 10.2 Å². The molecule has 1 aromatic heterocycles. The van der Waals surface area contributed by atoms with Gasteiger partial charge < -0.3 is 10.2 Å². The zero-order chi connectivity index (χ0) is 21.1. The van der Waals surface area contributed by atoms with Gasteiger partial charge in [0, 0.05) is 25.1 Å². The minimum atomic E-state index is -0.396. The first-order valence-corrected chi connectivity index (χ1v) is 10.9. The van der Waals surface area contributed by atoms with Crippen LogP contribution in [0.3, 0.4) is 0 Å². The summed E-state index contributed by atoms with van der Waals surface area (Å²) < 4.78 is 0. The van der Waals surface area contributed by atoms with Crippen LogP contribution in [0.15, 0.2) is 54.6 Å². The molecule has 1 aliphatic heterocycles. The Hall–Kier alpha value is -3.06. The van der Waals surface area contributed by atoms with Crippen LogP contribution in [0, 0.1) is 12.8 Å². The van der Waals surface area contributed by atoms with Gasteiger partial charge in [0.1, 0.15) is 5.01 Å². The van der Waals surface area contributed by atoms with E-state index in [0.29, 0.717) is 17.6 Å². The Kier molecular flexibility index (Phi) is 5.90. The Bertz CT molecular complexity index is 1050. The van der Waals surface area contributed by atoms with Crippen LogP contribution >= 0.6 is 11.3 Å². The molecule has 2 aromatic carbocycles. The standard InChI is InChI=1S/C23H24N4O2S/c1-15-8-6-7-11-19(15)27-14-18(13-21(27)28)22(29)24-23-26-25-20(30-23)12-16(2)17-9-4-3-5-10-17/h3-11,16,18H,12-14H2,1-2H3,(H,24,26,29). The highest BCUT2D eigenvalue weighted by Gasteiger charge is 2.36. The van der Waals surface area contributed by atoms with Crippen LogP contribution in [0.25, 0.3) is 0 Å². The fourth-order valence-corrected chi connectivity index (χ4v) is 4.61. The van der Waals surface area contributed by atoms with Crippen molar-refractivity contribution in [3.8, 4) is 0 Å². The van der Waals surface area contributed by atoms with E-state index in [4.69, 9.17) is 0 Å². The van der Waals surface area contributed by atoms with E-state index in [2.05, 4.69) is 34.6 Å². The van der Waals surface area contributed by atoms with Crippen molar-refractivity contribution in [3.05, 3.63) is 70.7 Å². The van der Waals surface area contributed by atoms with E-state index < -0.39 is 5.92 Å². The zero-order valence-electron chi connectivity index (χ0n) is 17.0. The van der Waals surface area contributed by atoms with Crippen LogP contribution in [0.5, 0.6) is 0 Å². The van der Waals surface area contributed by atoms with E-state index >= 15 is 0 Å². The average molecular weight is 421 g/mol. The van der Waals surface area contributed by atoms with Crippen molar-refractivity contribution in [1.29, 1.82) is 0 Å². The number of rotatable bonds is 6. The minimum absolute atomic E-state index is 0.0286. The molecule has 0 bridgehead atoms. The van der Waals surface area contributed by atoms with Crippen molar-refractivity contribution in [2.75, 3.05) is 16.8 Å². The second-order valence-electron chi connectivity index (χ2n) is 7.70. The lowest BCUT2D eigenvalue weighted by atomic mass is 9.98. The van der Waals surface area contributed by atoms with Gasteiger partial charge in [0.25, 0.3) is 0 Å². The van der Waals surface area contributed by atoms with Crippen molar-refractivity contribution in [2.45, 2.75) is 32.6 Å². The number of aryl methyl sites for hydroxylation is 1. The molecule has 2 atom stereocenters. The van der Waals surface area contributed by atoms with E-state index in [-0.39, 0.29) is 18.2 Å². The van der Waals surface area contributed by atoms with Crippen molar-refractivity contribution in [1.82, 2.24) is 10.2 Å². The Morgan fingerprint density at radius 1 is 1.17 bits per heavy atom. The molecule has 0 aliphatic carbocycles. The minimum Gasteiger partial charge on any atom is -0.311 e. The lowest BCUT2D eigenvalue weighted by Crippen LogP contribution is -2.28. The molecular weight excluding hydrogens is 396 g/mol. The molecule has 2 heterocycles. The molecule has 2 unspecified atom stereocenters. The van der Waals surface area contributed by atoms with Gasteiger partial charge in [-0.2, -0.15) is 0 Å². The fraction of sp³-hybridized carbons (Fsp3) is 0.304. The van der Waals surface area contributed by atoms with Crippen molar-refractivity contribution >= 4 is 34.0 Å². The molecule has 0 spiro atoms. The topological polar surface area (TPSA) is 75.2 Å². The summed E-state index contributed by atoms with van der Waals surface area (Å²) in [4.78, 5) is 26.9. The molecule has 1 N–H and O–H groups in total. The number of hydrogen-bond donors (Lipinski definition) is 1. The van der Waals surface area contributed by atoms with Crippen LogP contribution in [-0.2, 0) is 16.0 Å². The number of carbonyl (C=O) groups excluding carboxylic acids is 2. The maximum Gasteiger partial charge on any atom is 0.231 e. The predicted octanol–water partition coefficient (Wildman–Crippen LogP) is 4.18. The lowest BCUT2D eigenvalue weighted by Gasteiger charge is -2.18. The monoisotopic (exact) mass is 420 g/mol. The van der Waals surface area contributed by atoms with E-state index in [0.717, 1.165) is 22.7 Å². The molecule has 0 radical (unpaired) electrons. The van der Waals surface area contributed by atoms with E-state index in [9.17, 15) is 9.59 Å². The van der Waals surface area contributed by atoms with Gasteiger partial charge in [-0.05, 0) is 30.0 Å². The molecule has 6 nitrogen and oxygen atoms in total. The first-order valence-electron chi connectivity index (χ1n) is 10.1. The lowest BCUT2D eigenvalue weighted by molar-refractivity contribution is -0.122. The van der Waals surface area contributed by atoms with Crippen LogP contribution in [0.2, 0.25) is 0 Å². The van der Waals surface area contributed by atoms with Crippen molar-refractivity contribution < 1.29 is 9.59 Å². The zero-order valence-corrected chi connectivity index (χ0v) is 17.9. The average Bonchev–Trinajstić information content (AvgIpc) is 3.35. The molecule has 0 saturated carbocycles. The number of nitrogens with one attached hydrogen (secondary N) is 1. The van der Waals surface area contributed by atoms with Crippen LogP contribution in [0.1, 0.15) is 35.4 Å². The number of para-hydroxylation sites is 1. The quantitative estimate of drug-likeness (QED) is 0.649. The molecule has 1 saturated heterocycles. The van der Waals surface area contributed by atoms with E-state index in [1.165, 1.54) is 16.9 Å². The summed E-state index contributed by atoms with van der Waals surface area (Å²) in [6.45, 7) is 4.50. The SMILES string of the molecule is Cc1ccccc1N1CC(C(=O)Nc2nnc(CC(C)c3ccccc3)s2)CC1=O. The third kappa shape index (κ3) is 4.41. The summed E-state index contributed by atoms with van der Waals surface area (Å²) >= 11 is 1.39. The molecule has 1 fully saturated rings. The van der Waals surface area contributed by atoms with Gasteiger partial charge in [-0.25, -0.2) is 0 Å². The van der Waals surface area contributed by atoms with Crippen molar-refractivity contribution in [3.63, 3.8) is 0 Å². The summed E-state index contributed by atoms with van der Waals surface area (Å²) in [6, 6.07) is 18.0. The first kappa shape index (κ1) is 20.2. The smallest absolute Gasteiger partial charge is 0.231 e. The highest BCUT2D eigenvalue weighted by atomic mass is 32.1. The van der Waals surface area contributed by atoms with Crippen molar-refractivity contribution in [2.24, 2.45) is 5.92 Å². The number of carbonyl (C=O) groups is 2. The number of anilines is 2. The fourth-order valence-electron chi connectivity index (χ4n) is 3.74. The number of nitrogens with zero attached hydrogens (tertiary/aromatic N) is 3. The normalized spacial score (nSPS) is 17.2. The van der Waals surface area contributed by atoms with Gasteiger partial charge in [0.2, 0.25) is 16.9 Å². The summed E-state index contributed by atoms with van der Waals surface area (Å²) in [5.74, 6) is -0.289. The maximum absolute atomic E-state index is 12.7. The van der Waals surface area contributed by atoms with E-state index in [1.54, 1.807) is 4.90 Å². The molecule has 4 rings (SSSR count). The Morgan fingerprint density at radius 2 is 1.90 bits per heavy atom. The molecule has 30 heavy (non-hydrogen) atoms. The van der Waals surface area contributed by atoms with Gasteiger partial charge in [0.15, 0.2) is 0 Å². The Labute approximate surface area is 180 Å². The highest BCUT2D eigenvalue weighted by Crippen LogP contribution is 2.29. The number of benzene rings is 2.